The summed E-state index contributed by atoms with van der Waals surface area (Å²) >= 11 is 6.15. The monoisotopic (exact) mass is 371 g/mol. The van der Waals surface area contributed by atoms with E-state index >= 15 is 0 Å². The van der Waals surface area contributed by atoms with Gasteiger partial charge in [0.15, 0.2) is 5.78 Å². The number of aromatic amines is 2. The molecule has 1 aromatic carbocycles. The third-order valence-corrected chi connectivity index (χ3v) is 5.17. The first kappa shape index (κ1) is 16.8. The number of fused-ring (bicyclic) bond motifs is 1. The summed E-state index contributed by atoms with van der Waals surface area (Å²) in [5.74, 6) is -0.220. The highest BCUT2D eigenvalue weighted by Gasteiger charge is 2.42. The molecule has 1 atom stereocenters. The van der Waals surface area contributed by atoms with Crippen LogP contribution in [0.3, 0.4) is 0 Å². The van der Waals surface area contributed by atoms with Crippen molar-refractivity contribution in [2.24, 2.45) is 5.41 Å². The summed E-state index contributed by atoms with van der Waals surface area (Å²) in [6, 6.07) is 7.12. The molecule has 1 aliphatic heterocycles. The second kappa shape index (κ2) is 5.71. The topological polar surface area (TPSA) is 94.8 Å². The number of benzene rings is 1. The molecule has 2 aliphatic rings. The molecule has 0 amide bonds. The summed E-state index contributed by atoms with van der Waals surface area (Å²) in [6.45, 7) is 4.06. The van der Waals surface area contributed by atoms with Gasteiger partial charge in [0.05, 0.1) is 5.56 Å². The van der Waals surface area contributed by atoms with Crippen LogP contribution in [0.4, 0.5) is 5.82 Å². The van der Waals surface area contributed by atoms with Crippen molar-refractivity contribution in [3.8, 4) is 0 Å². The SMILES string of the molecule is CC1(C)CC(=O)C2=C(C1)Nc1[nH]c(=O)[nH]c(=O)c1C2c1cccc(Cl)c1. The predicted octanol–water partition coefficient (Wildman–Crippen LogP) is 2.92. The molecule has 0 spiro atoms. The quantitative estimate of drug-likeness (QED) is 0.718. The Hall–Kier alpha value is -2.60. The number of carbonyl (C=O) groups is 1. The van der Waals surface area contributed by atoms with Crippen molar-refractivity contribution in [1.29, 1.82) is 0 Å². The number of nitrogens with one attached hydrogen (secondary N) is 3. The first-order valence-corrected chi connectivity index (χ1v) is 8.78. The van der Waals surface area contributed by atoms with Gasteiger partial charge in [-0.15, -0.1) is 0 Å². The van der Waals surface area contributed by atoms with E-state index < -0.39 is 17.2 Å². The minimum Gasteiger partial charge on any atom is -0.344 e. The molecule has 3 N–H and O–H groups in total. The van der Waals surface area contributed by atoms with E-state index in [1.54, 1.807) is 18.2 Å². The van der Waals surface area contributed by atoms with Crippen molar-refractivity contribution in [1.82, 2.24) is 9.97 Å². The highest BCUT2D eigenvalue weighted by Crippen LogP contribution is 2.47. The number of anilines is 1. The normalized spacial score (nSPS) is 21.0. The second-order valence-electron chi connectivity index (χ2n) is 7.64. The van der Waals surface area contributed by atoms with Gasteiger partial charge in [0, 0.05) is 28.6 Å². The van der Waals surface area contributed by atoms with Crippen LogP contribution in [0.1, 0.15) is 43.7 Å². The molecule has 1 unspecified atom stereocenters. The number of rotatable bonds is 1. The Morgan fingerprint density at radius 2 is 1.88 bits per heavy atom. The van der Waals surface area contributed by atoms with E-state index in [9.17, 15) is 14.4 Å². The van der Waals surface area contributed by atoms with Crippen LogP contribution >= 0.6 is 11.6 Å². The molecule has 4 rings (SSSR count). The number of hydrogen-bond acceptors (Lipinski definition) is 4. The number of ketones is 1. The van der Waals surface area contributed by atoms with Gasteiger partial charge in [-0.2, -0.15) is 0 Å². The molecule has 1 aromatic heterocycles. The zero-order chi connectivity index (χ0) is 18.6. The van der Waals surface area contributed by atoms with Crippen molar-refractivity contribution in [3.05, 3.63) is 72.5 Å². The Balaban J connectivity index is 2.02. The molecular formula is C19H18ClN3O3. The van der Waals surface area contributed by atoms with E-state index in [4.69, 9.17) is 11.6 Å². The third-order valence-electron chi connectivity index (χ3n) is 4.93. The standard InChI is InChI=1S/C19H18ClN3O3/c1-19(2)7-11-14(12(24)8-19)13(9-4-3-5-10(20)6-9)15-16(21-11)22-18(26)23-17(15)25/h3-6,13H,7-8H2,1-2H3,(H3,21,22,23,25,26). The number of aromatic nitrogens is 2. The van der Waals surface area contributed by atoms with E-state index in [1.807, 2.05) is 19.9 Å². The number of hydrogen-bond donors (Lipinski definition) is 3. The van der Waals surface area contributed by atoms with Gasteiger partial charge in [0.2, 0.25) is 0 Å². The molecule has 0 bridgehead atoms. The molecule has 6 nitrogen and oxygen atoms in total. The Bertz CT molecular complexity index is 1080. The lowest BCUT2D eigenvalue weighted by atomic mass is 9.69. The van der Waals surface area contributed by atoms with Crippen molar-refractivity contribution in [2.75, 3.05) is 5.32 Å². The van der Waals surface area contributed by atoms with Crippen molar-refractivity contribution in [2.45, 2.75) is 32.6 Å². The van der Waals surface area contributed by atoms with Crippen LogP contribution in [-0.2, 0) is 4.79 Å². The predicted molar refractivity (Wildman–Crippen MR) is 99.6 cm³/mol. The molecule has 134 valence electrons. The van der Waals surface area contributed by atoms with Crippen LogP contribution in [0.15, 0.2) is 45.1 Å². The van der Waals surface area contributed by atoms with Crippen LogP contribution in [0.5, 0.6) is 0 Å². The van der Waals surface area contributed by atoms with E-state index in [0.717, 1.165) is 11.3 Å². The second-order valence-corrected chi connectivity index (χ2v) is 8.08. The van der Waals surface area contributed by atoms with Gasteiger partial charge in [-0.25, -0.2) is 4.79 Å². The molecule has 26 heavy (non-hydrogen) atoms. The molecule has 2 heterocycles. The lowest BCUT2D eigenvalue weighted by molar-refractivity contribution is -0.118. The number of carbonyl (C=O) groups excluding carboxylic acids is 1. The highest BCUT2D eigenvalue weighted by molar-refractivity contribution is 6.30. The van der Waals surface area contributed by atoms with Gasteiger partial charge in [-0.3, -0.25) is 19.6 Å². The largest absolute Gasteiger partial charge is 0.344 e. The van der Waals surface area contributed by atoms with Gasteiger partial charge >= 0.3 is 5.69 Å². The number of H-pyrrole nitrogens is 2. The van der Waals surface area contributed by atoms with E-state index in [2.05, 4.69) is 15.3 Å². The maximum atomic E-state index is 13.0. The summed E-state index contributed by atoms with van der Waals surface area (Å²) in [5.41, 5.74) is 1.13. The average Bonchev–Trinajstić information content (AvgIpc) is 2.51. The molecule has 0 saturated heterocycles. The lowest BCUT2D eigenvalue weighted by Crippen LogP contribution is -2.38. The Labute approximate surface area is 154 Å². The van der Waals surface area contributed by atoms with Gasteiger partial charge in [0.25, 0.3) is 5.56 Å². The van der Waals surface area contributed by atoms with Crippen LogP contribution in [0.25, 0.3) is 0 Å². The van der Waals surface area contributed by atoms with Gasteiger partial charge in [0.1, 0.15) is 5.82 Å². The summed E-state index contributed by atoms with van der Waals surface area (Å²) in [7, 11) is 0. The van der Waals surface area contributed by atoms with Crippen molar-refractivity contribution in [3.63, 3.8) is 0 Å². The molecule has 2 aromatic rings. The highest BCUT2D eigenvalue weighted by atomic mass is 35.5. The molecule has 1 aliphatic carbocycles. The van der Waals surface area contributed by atoms with Crippen molar-refractivity contribution >= 4 is 23.2 Å². The first-order valence-electron chi connectivity index (χ1n) is 8.40. The van der Waals surface area contributed by atoms with E-state index in [0.29, 0.717) is 34.8 Å². The third kappa shape index (κ3) is 2.70. The van der Waals surface area contributed by atoms with Crippen LogP contribution in [-0.4, -0.2) is 15.8 Å². The fourth-order valence-electron chi connectivity index (χ4n) is 3.97. The molecular weight excluding hydrogens is 354 g/mol. The Kier molecular flexibility index (Phi) is 3.70. The number of Topliss-reactive ketones (excluding diaryl/α,β-unsaturated/α-hetero) is 1. The summed E-state index contributed by atoms with van der Waals surface area (Å²) < 4.78 is 0. The van der Waals surface area contributed by atoms with Crippen LogP contribution in [0.2, 0.25) is 5.02 Å². The van der Waals surface area contributed by atoms with Crippen LogP contribution in [0, 0.1) is 5.41 Å². The fraction of sp³-hybridized carbons (Fsp3) is 0.316. The zero-order valence-corrected chi connectivity index (χ0v) is 15.2. The van der Waals surface area contributed by atoms with Crippen LogP contribution < -0.4 is 16.6 Å². The molecule has 0 saturated carbocycles. The summed E-state index contributed by atoms with van der Waals surface area (Å²) in [4.78, 5) is 42.2. The summed E-state index contributed by atoms with van der Waals surface area (Å²) in [5, 5.41) is 3.65. The van der Waals surface area contributed by atoms with E-state index in [-0.39, 0.29) is 11.2 Å². The average molecular weight is 372 g/mol. The van der Waals surface area contributed by atoms with E-state index in [1.165, 1.54) is 0 Å². The first-order chi connectivity index (χ1) is 12.2. The zero-order valence-electron chi connectivity index (χ0n) is 14.4. The van der Waals surface area contributed by atoms with Crippen molar-refractivity contribution < 1.29 is 4.79 Å². The number of allylic oxidation sites excluding steroid dienone is 2. The Morgan fingerprint density at radius 3 is 2.62 bits per heavy atom. The van der Waals surface area contributed by atoms with Gasteiger partial charge < -0.3 is 5.32 Å². The van der Waals surface area contributed by atoms with Gasteiger partial charge in [-0.05, 0) is 29.5 Å². The molecule has 7 heteroatoms. The van der Waals surface area contributed by atoms with Gasteiger partial charge in [-0.1, -0.05) is 37.6 Å². The molecule has 0 fully saturated rings. The maximum absolute atomic E-state index is 13.0. The maximum Gasteiger partial charge on any atom is 0.327 e. The molecule has 0 radical (unpaired) electrons. The minimum absolute atomic E-state index is 0.00461. The fourth-order valence-corrected chi connectivity index (χ4v) is 4.16. The minimum atomic E-state index is -0.587. The smallest absolute Gasteiger partial charge is 0.327 e. The summed E-state index contributed by atoms with van der Waals surface area (Å²) in [6.07, 6.45) is 1.06. The number of halogens is 1. The lowest BCUT2D eigenvalue weighted by Gasteiger charge is -2.38. The Morgan fingerprint density at radius 1 is 1.12 bits per heavy atom.